The van der Waals surface area contributed by atoms with Crippen molar-refractivity contribution in [3.05, 3.63) is 29.8 Å². The molecule has 1 aromatic rings. The maximum absolute atomic E-state index is 11.3. The highest BCUT2D eigenvalue weighted by Crippen LogP contribution is 2.09. The summed E-state index contributed by atoms with van der Waals surface area (Å²) in [6.45, 7) is 14.3. The first-order valence-corrected chi connectivity index (χ1v) is 11.6. The zero-order valence-corrected chi connectivity index (χ0v) is 21.5. The summed E-state index contributed by atoms with van der Waals surface area (Å²) < 4.78 is 22.6. The van der Waals surface area contributed by atoms with Crippen LogP contribution in [0, 0.1) is 0 Å². The van der Waals surface area contributed by atoms with Gasteiger partial charge in [-0.2, -0.15) is 0 Å². The molecule has 0 saturated carbocycles. The van der Waals surface area contributed by atoms with Gasteiger partial charge >= 0.3 is 0 Å². The van der Waals surface area contributed by atoms with Crippen LogP contribution < -0.4 is 15.8 Å². The predicted molar refractivity (Wildman–Crippen MR) is 133 cm³/mol. The zero-order valence-electron chi connectivity index (χ0n) is 18.3. The normalized spacial score (nSPS) is 12.4. The minimum Gasteiger partial charge on any atom is -0.357 e. The Labute approximate surface area is 194 Å². The summed E-state index contributed by atoms with van der Waals surface area (Å²) in [6.07, 6.45) is 1.78. The number of guanidine groups is 1. The van der Waals surface area contributed by atoms with E-state index < -0.39 is 10.0 Å². The van der Waals surface area contributed by atoms with Gasteiger partial charge in [-0.15, -0.1) is 24.0 Å². The Morgan fingerprint density at radius 1 is 1.10 bits per heavy atom. The number of sulfonamides is 1. The minimum absolute atomic E-state index is 0. The fraction of sp³-hybridized carbons (Fsp3) is 0.650. The van der Waals surface area contributed by atoms with Crippen LogP contribution in [0.4, 0.5) is 0 Å². The SMILES string of the molecule is CCNC(=NCCCN(C(C)C)C(C)C)NCCc1ccc(S(N)(=O)=O)cc1.I. The number of nitrogens with two attached hydrogens (primary N) is 1. The summed E-state index contributed by atoms with van der Waals surface area (Å²) in [7, 11) is -3.64. The van der Waals surface area contributed by atoms with Crippen molar-refractivity contribution in [2.45, 2.75) is 64.4 Å². The molecule has 1 rings (SSSR count). The third-order valence-electron chi connectivity index (χ3n) is 4.47. The molecule has 0 heterocycles. The highest BCUT2D eigenvalue weighted by Gasteiger charge is 2.12. The van der Waals surface area contributed by atoms with Crippen LogP contribution >= 0.6 is 24.0 Å². The van der Waals surface area contributed by atoms with E-state index in [0.29, 0.717) is 18.6 Å². The number of rotatable bonds is 11. The highest BCUT2D eigenvalue weighted by atomic mass is 127. The van der Waals surface area contributed by atoms with Crippen LogP contribution in [0.5, 0.6) is 0 Å². The molecule has 0 aromatic heterocycles. The summed E-state index contributed by atoms with van der Waals surface area (Å²) in [5.41, 5.74) is 1.04. The molecule has 0 aliphatic rings. The second kappa shape index (κ2) is 14.2. The molecule has 0 radical (unpaired) electrons. The van der Waals surface area contributed by atoms with Gasteiger partial charge in [0.25, 0.3) is 0 Å². The topological polar surface area (TPSA) is 99.8 Å². The molecule has 168 valence electrons. The number of hydrogen-bond acceptors (Lipinski definition) is 4. The van der Waals surface area contributed by atoms with E-state index in [1.807, 2.05) is 6.92 Å². The molecule has 0 amide bonds. The van der Waals surface area contributed by atoms with Gasteiger partial charge < -0.3 is 10.6 Å². The van der Waals surface area contributed by atoms with Crippen molar-refractivity contribution in [2.24, 2.45) is 10.1 Å². The molecule has 4 N–H and O–H groups in total. The number of aliphatic imine (C=N–C) groups is 1. The number of primary sulfonamides is 1. The van der Waals surface area contributed by atoms with Crippen molar-refractivity contribution >= 4 is 40.0 Å². The van der Waals surface area contributed by atoms with Crippen LogP contribution in [-0.4, -0.2) is 57.5 Å². The van der Waals surface area contributed by atoms with Crippen LogP contribution in [0.3, 0.4) is 0 Å². The maximum atomic E-state index is 11.3. The molecular weight excluding hydrogens is 501 g/mol. The molecule has 0 unspecified atom stereocenters. The molecule has 0 aliphatic carbocycles. The first-order chi connectivity index (χ1) is 13.1. The number of nitrogens with zero attached hydrogens (tertiary/aromatic N) is 2. The lowest BCUT2D eigenvalue weighted by Crippen LogP contribution is -2.39. The lowest BCUT2D eigenvalue weighted by atomic mass is 10.1. The van der Waals surface area contributed by atoms with Gasteiger partial charge in [-0.1, -0.05) is 12.1 Å². The summed E-state index contributed by atoms with van der Waals surface area (Å²) in [6, 6.07) is 7.74. The number of benzene rings is 1. The Morgan fingerprint density at radius 3 is 2.17 bits per heavy atom. The van der Waals surface area contributed by atoms with Crippen LogP contribution in [-0.2, 0) is 16.4 Å². The third-order valence-corrected chi connectivity index (χ3v) is 5.40. The largest absolute Gasteiger partial charge is 0.357 e. The molecule has 29 heavy (non-hydrogen) atoms. The van der Waals surface area contributed by atoms with E-state index >= 15 is 0 Å². The van der Waals surface area contributed by atoms with Crippen molar-refractivity contribution in [3.63, 3.8) is 0 Å². The summed E-state index contributed by atoms with van der Waals surface area (Å²) in [4.78, 5) is 7.26. The van der Waals surface area contributed by atoms with Gasteiger partial charge in [0.15, 0.2) is 5.96 Å². The lowest BCUT2D eigenvalue weighted by molar-refractivity contribution is 0.174. The van der Waals surface area contributed by atoms with Crippen LogP contribution in [0.15, 0.2) is 34.2 Å². The highest BCUT2D eigenvalue weighted by molar-refractivity contribution is 14.0. The van der Waals surface area contributed by atoms with Crippen LogP contribution in [0.25, 0.3) is 0 Å². The van der Waals surface area contributed by atoms with Gasteiger partial charge in [0, 0.05) is 38.3 Å². The van der Waals surface area contributed by atoms with Crippen molar-refractivity contribution < 1.29 is 8.42 Å². The van der Waals surface area contributed by atoms with E-state index in [-0.39, 0.29) is 28.9 Å². The molecule has 0 spiro atoms. The monoisotopic (exact) mass is 539 g/mol. The van der Waals surface area contributed by atoms with Crippen LogP contribution in [0.2, 0.25) is 0 Å². The fourth-order valence-corrected chi connectivity index (χ4v) is 3.59. The molecule has 1 aromatic carbocycles. The van der Waals surface area contributed by atoms with E-state index in [1.165, 1.54) is 0 Å². The zero-order chi connectivity index (χ0) is 21.2. The lowest BCUT2D eigenvalue weighted by Gasteiger charge is -2.30. The van der Waals surface area contributed by atoms with Crippen LogP contribution in [0.1, 0.15) is 46.6 Å². The van der Waals surface area contributed by atoms with E-state index in [2.05, 4.69) is 48.2 Å². The average Bonchev–Trinajstić information content (AvgIpc) is 2.60. The number of hydrogen-bond donors (Lipinski definition) is 3. The second-order valence-corrected chi connectivity index (χ2v) is 8.97. The Balaban J connectivity index is 0.00000784. The van der Waals surface area contributed by atoms with Crippen molar-refractivity contribution in [1.29, 1.82) is 0 Å². The summed E-state index contributed by atoms with van der Waals surface area (Å²) >= 11 is 0. The Bertz CT molecular complexity index is 698. The van der Waals surface area contributed by atoms with Crippen molar-refractivity contribution in [2.75, 3.05) is 26.2 Å². The van der Waals surface area contributed by atoms with Gasteiger partial charge in [-0.3, -0.25) is 9.89 Å². The Morgan fingerprint density at radius 2 is 1.69 bits per heavy atom. The van der Waals surface area contributed by atoms with Gasteiger partial charge in [0.2, 0.25) is 10.0 Å². The molecule has 0 bridgehead atoms. The maximum Gasteiger partial charge on any atom is 0.238 e. The van der Waals surface area contributed by atoms with Gasteiger partial charge in [0.05, 0.1) is 4.90 Å². The Hall–Kier alpha value is -0.910. The van der Waals surface area contributed by atoms with E-state index in [4.69, 9.17) is 5.14 Å². The van der Waals surface area contributed by atoms with E-state index in [1.54, 1.807) is 24.3 Å². The smallest absolute Gasteiger partial charge is 0.238 e. The molecular formula is C20H38IN5O2S. The van der Waals surface area contributed by atoms with Gasteiger partial charge in [-0.05, 0) is 65.2 Å². The molecule has 0 fully saturated rings. The standard InChI is InChI=1S/C20H37N5O2S.HI/c1-6-22-20(23-13-7-15-25(16(2)3)17(4)5)24-14-12-18-8-10-19(11-9-18)28(21,26)27;/h8-11,16-17H,6-7,12-15H2,1-5H3,(H2,21,26,27)(H2,22,23,24);1H. The molecule has 7 nitrogen and oxygen atoms in total. The molecule has 0 aliphatic heterocycles. The van der Waals surface area contributed by atoms with Crippen molar-refractivity contribution in [3.8, 4) is 0 Å². The first-order valence-electron chi connectivity index (χ1n) is 10.0. The molecule has 9 heteroatoms. The Kier molecular flexibility index (Phi) is 13.7. The molecule has 0 saturated heterocycles. The molecule has 0 atom stereocenters. The fourth-order valence-electron chi connectivity index (χ4n) is 3.07. The van der Waals surface area contributed by atoms with Gasteiger partial charge in [0.1, 0.15) is 0 Å². The minimum atomic E-state index is -3.64. The van der Waals surface area contributed by atoms with Crippen molar-refractivity contribution in [1.82, 2.24) is 15.5 Å². The second-order valence-electron chi connectivity index (χ2n) is 7.41. The van der Waals surface area contributed by atoms with Gasteiger partial charge in [-0.25, -0.2) is 13.6 Å². The number of nitrogens with one attached hydrogen (secondary N) is 2. The van der Waals surface area contributed by atoms with E-state index in [9.17, 15) is 8.42 Å². The average molecular weight is 540 g/mol. The summed E-state index contributed by atoms with van der Waals surface area (Å²) in [5, 5.41) is 11.7. The first kappa shape index (κ1) is 28.1. The summed E-state index contributed by atoms with van der Waals surface area (Å²) in [5.74, 6) is 0.810. The predicted octanol–water partition coefficient (Wildman–Crippen LogP) is 2.56. The van der Waals surface area contributed by atoms with E-state index in [0.717, 1.165) is 44.0 Å². The number of halogens is 1. The third kappa shape index (κ3) is 11.2. The quantitative estimate of drug-likeness (QED) is 0.174.